The van der Waals surface area contributed by atoms with Crippen molar-refractivity contribution in [1.82, 2.24) is 5.32 Å². The monoisotopic (exact) mass is 883 g/mol. The van der Waals surface area contributed by atoms with Crippen molar-refractivity contribution in [3.8, 4) is 0 Å². The van der Waals surface area contributed by atoms with Gasteiger partial charge in [-0.2, -0.15) is 0 Å². The number of fused-ring (bicyclic) bond motifs is 1. The molecule has 59 heavy (non-hydrogen) atoms. The van der Waals surface area contributed by atoms with Crippen LogP contribution >= 0.6 is 0 Å². The van der Waals surface area contributed by atoms with Crippen LogP contribution in [0.1, 0.15) is 62.1 Å². The number of hydrogen-bond donors (Lipinski definition) is 4. The Kier molecular flexibility index (Phi) is 14.8. The number of unbranched alkanes of at least 4 members (excludes halogenated alkanes) is 1. The smallest absolute Gasteiger partial charge is 0.321 e. The van der Waals surface area contributed by atoms with Gasteiger partial charge >= 0.3 is 6.03 Å². The van der Waals surface area contributed by atoms with Gasteiger partial charge in [-0.1, -0.05) is 69.2 Å². The molecule has 2 amide bonds. The first kappa shape index (κ1) is 46.3. The zero-order valence-electron chi connectivity index (χ0n) is 32.8. The SMILES string of the molecule is CCCC[C@]1(CC)CS(=O)(=O)c2ccc(N(C)C)cc2[C@@H](c2cccc(NC(=O)N[C@@H]3O[C@H](COS(=O)(=O)[O-])[C@@H](OS(=O)(=O)[O-])[C@H](OCc4ccccc4)[C@H]3O)c2)[C@H]1O. The largest absolute Gasteiger partial charge is 0.726 e. The molecule has 2 aliphatic heterocycles. The Morgan fingerprint density at radius 3 is 2.31 bits per heavy atom. The normalized spacial score (nSPS) is 26.9. The molecule has 4 N–H and O–H groups in total. The Balaban J connectivity index is 1.47. The number of sulfone groups is 1. The Morgan fingerprint density at radius 1 is 0.966 bits per heavy atom. The van der Waals surface area contributed by atoms with Crippen molar-refractivity contribution in [2.24, 2.45) is 5.41 Å². The molecule has 326 valence electrons. The molecule has 2 heterocycles. The van der Waals surface area contributed by atoms with Crippen molar-refractivity contribution in [2.75, 3.05) is 36.7 Å². The number of anilines is 2. The molecule has 2 aliphatic rings. The predicted octanol–water partition coefficient (Wildman–Crippen LogP) is 2.73. The number of carbonyl (C=O) groups excluding carboxylic acids is 1. The highest BCUT2D eigenvalue weighted by Gasteiger charge is 2.50. The number of ether oxygens (including phenoxy) is 2. The molecule has 3 aromatic carbocycles. The second kappa shape index (κ2) is 18.9. The maximum absolute atomic E-state index is 14.1. The minimum absolute atomic E-state index is 0.0953. The average Bonchev–Trinajstić information content (AvgIpc) is 3.23. The van der Waals surface area contributed by atoms with Crippen LogP contribution < -0.4 is 15.5 Å². The molecule has 5 rings (SSSR count). The third-order valence-electron chi connectivity index (χ3n) is 10.7. The summed E-state index contributed by atoms with van der Waals surface area (Å²) in [6, 6.07) is 18.7. The van der Waals surface area contributed by atoms with Gasteiger partial charge in [0.05, 0.1) is 30.0 Å². The van der Waals surface area contributed by atoms with E-state index in [9.17, 15) is 49.4 Å². The highest BCUT2D eigenvalue weighted by Crippen LogP contribution is 2.49. The van der Waals surface area contributed by atoms with Crippen LogP contribution in [0.2, 0.25) is 0 Å². The number of benzene rings is 3. The van der Waals surface area contributed by atoms with Crippen LogP contribution in [0.25, 0.3) is 0 Å². The Labute approximate surface area is 344 Å². The summed E-state index contributed by atoms with van der Waals surface area (Å²) in [4.78, 5) is 15.5. The summed E-state index contributed by atoms with van der Waals surface area (Å²) < 4.78 is 118. The Morgan fingerprint density at radius 2 is 1.68 bits per heavy atom. The van der Waals surface area contributed by atoms with Crippen LogP contribution in [-0.4, -0.2) is 114 Å². The van der Waals surface area contributed by atoms with Crippen LogP contribution in [0.3, 0.4) is 0 Å². The van der Waals surface area contributed by atoms with Crippen molar-refractivity contribution in [2.45, 2.75) is 93.7 Å². The molecule has 18 nitrogen and oxygen atoms in total. The Bertz CT molecular complexity index is 2260. The number of urea groups is 1. The minimum Gasteiger partial charge on any atom is -0.726 e. The minimum atomic E-state index is -5.55. The zero-order valence-corrected chi connectivity index (χ0v) is 35.2. The first-order valence-corrected chi connectivity index (χ1v) is 23.1. The van der Waals surface area contributed by atoms with E-state index in [1.54, 1.807) is 66.7 Å². The summed E-state index contributed by atoms with van der Waals surface area (Å²) in [5, 5.41) is 28.7. The van der Waals surface area contributed by atoms with Crippen molar-refractivity contribution >= 4 is 48.0 Å². The number of aliphatic hydroxyl groups is 2. The third-order valence-corrected chi connectivity index (χ3v) is 13.5. The second-order valence-corrected chi connectivity index (χ2v) is 18.9. The first-order chi connectivity index (χ1) is 27.7. The van der Waals surface area contributed by atoms with Crippen LogP contribution in [0, 0.1) is 5.41 Å². The topological polar surface area (TPSA) is 270 Å². The van der Waals surface area contributed by atoms with E-state index in [1.807, 2.05) is 32.8 Å². The molecular formula is C38H49N3O15S3-2. The van der Waals surface area contributed by atoms with Gasteiger partial charge in [-0.3, -0.25) is 8.37 Å². The van der Waals surface area contributed by atoms with Gasteiger partial charge in [0.15, 0.2) is 16.1 Å². The van der Waals surface area contributed by atoms with Crippen LogP contribution in [-0.2, 0) is 55.1 Å². The summed E-state index contributed by atoms with van der Waals surface area (Å²) in [6.07, 6.45) is -8.36. The van der Waals surface area contributed by atoms with E-state index in [0.29, 0.717) is 41.6 Å². The van der Waals surface area contributed by atoms with E-state index in [2.05, 4.69) is 19.0 Å². The quantitative estimate of drug-likeness (QED) is 0.119. The van der Waals surface area contributed by atoms with Gasteiger partial charge in [0, 0.05) is 36.8 Å². The molecule has 0 unspecified atom stereocenters. The third kappa shape index (κ3) is 11.6. The van der Waals surface area contributed by atoms with Crippen molar-refractivity contribution in [3.05, 3.63) is 89.5 Å². The van der Waals surface area contributed by atoms with E-state index in [1.165, 1.54) is 6.07 Å². The first-order valence-electron chi connectivity index (χ1n) is 18.8. The number of hydrogen-bond acceptors (Lipinski definition) is 16. The molecule has 0 saturated carbocycles. The summed E-state index contributed by atoms with van der Waals surface area (Å²) in [5.41, 5.74) is 1.27. The fraction of sp³-hybridized carbons (Fsp3) is 0.500. The van der Waals surface area contributed by atoms with Gasteiger partial charge < -0.3 is 44.3 Å². The molecule has 0 radical (unpaired) electrons. The predicted molar refractivity (Wildman–Crippen MR) is 211 cm³/mol. The number of nitrogens with zero attached hydrogens (tertiary/aromatic N) is 1. The van der Waals surface area contributed by atoms with Gasteiger partial charge in [0.25, 0.3) is 0 Å². The van der Waals surface area contributed by atoms with Crippen LogP contribution in [0.15, 0.2) is 77.7 Å². The van der Waals surface area contributed by atoms with Gasteiger partial charge in [-0.05, 0) is 59.9 Å². The maximum Gasteiger partial charge on any atom is 0.321 e. The van der Waals surface area contributed by atoms with Crippen molar-refractivity contribution in [3.63, 3.8) is 0 Å². The van der Waals surface area contributed by atoms with Crippen LogP contribution in [0.4, 0.5) is 16.2 Å². The lowest BCUT2D eigenvalue weighted by atomic mass is 9.69. The second-order valence-electron chi connectivity index (χ2n) is 14.9. The molecule has 1 saturated heterocycles. The molecular weight excluding hydrogens is 835 g/mol. The van der Waals surface area contributed by atoms with Gasteiger partial charge in [-0.25, -0.2) is 30.0 Å². The van der Waals surface area contributed by atoms with Gasteiger partial charge in [0.1, 0.15) is 24.4 Å². The Hall–Kier alpha value is -3.74. The van der Waals surface area contributed by atoms with E-state index >= 15 is 0 Å². The lowest BCUT2D eigenvalue weighted by molar-refractivity contribution is -0.240. The van der Waals surface area contributed by atoms with Gasteiger partial charge in [-0.15, -0.1) is 0 Å². The van der Waals surface area contributed by atoms with E-state index in [4.69, 9.17) is 9.47 Å². The molecule has 8 atom stereocenters. The summed E-state index contributed by atoms with van der Waals surface area (Å²) in [7, 11) is -11.2. The van der Waals surface area contributed by atoms with Crippen LogP contribution in [0.5, 0.6) is 0 Å². The van der Waals surface area contributed by atoms with E-state index in [0.717, 1.165) is 6.42 Å². The lowest BCUT2D eigenvalue weighted by Crippen LogP contribution is -2.65. The molecule has 0 aliphatic carbocycles. The highest BCUT2D eigenvalue weighted by atomic mass is 32.3. The lowest BCUT2D eigenvalue weighted by Gasteiger charge is -2.44. The molecule has 21 heteroatoms. The summed E-state index contributed by atoms with van der Waals surface area (Å²) >= 11 is 0. The summed E-state index contributed by atoms with van der Waals surface area (Å²) in [6.45, 7) is 2.36. The zero-order chi connectivity index (χ0) is 43.3. The number of aliphatic hydroxyl groups excluding tert-OH is 2. The molecule has 0 spiro atoms. The standard InChI is InChI=1S/C38H51N3O15S3/c1-5-7-18-38(6-2)23-57(45,46)30-17-16-27(41(3)4)20-28(30)31(35(38)43)25-14-11-15-26(19-25)39-37(44)40-36-32(42)34(53-21-24-12-9-8-10-13-24)33(56-59(50,51)52)29(55-36)22-54-58(47,48)49/h8-17,19-20,29,31-36,42-43H,5-7,18,21-23H2,1-4H3,(H2,39,40,44)(H,47,48,49)(H,50,51,52)/p-2/t29-,31-,32-,33-,34-,35-,36-,38-/m1/s1. The van der Waals surface area contributed by atoms with E-state index in [-0.39, 0.29) is 22.9 Å². The average molecular weight is 884 g/mol. The fourth-order valence-corrected chi connectivity index (χ4v) is 10.7. The summed E-state index contributed by atoms with van der Waals surface area (Å²) in [5.74, 6) is -1.12. The van der Waals surface area contributed by atoms with Crippen molar-refractivity contribution < 1.29 is 67.2 Å². The molecule has 0 aromatic heterocycles. The molecule has 1 fully saturated rings. The highest BCUT2D eigenvalue weighted by molar-refractivity contribution is 7.91. The molecule has 3 aromatic rings. The number of carbonyl (C=O) groups is 1. The molecule has 0 bridgehead atoms. The van der Waals surface area contributed by atoms with Gasteiger partial charge in [0.2, 0.25) is 20.8 Å². The number of rotatable bonds is 16. The van der Waals surface area contributed by atoms with E-state index < -0.39 is 91.4 Å². The van der Waals surface area contributed by atoms with Crippen molar-refractivity contribution in [1.29, 1.82) is 0 Å². The maximum atomic E-state index is 14.1. The number of nitrogens with one attached hydrogen (secondary N) is 2. The fourth-order valence-electron chi connectivity index (χ4n) is 7.65. The number of amides is 2.